The molecule has 1 aromatic carbocycles. The lowest BCUT2D eigenvalue weighted by molar-refractivity contribution is 1.46. The molecular formula is C16H18BrN. The van der Waals surface area contributed by atoms with Crippen LogP contribution in [0.15, 0.2) is 64.1 Å². The minimum atomic E-state index is 0.990. The fraction of sp³-hybridized carbons (Fsp3) is 0.188. The summed E-state index contributed by atoms with van der Waals surface area (Å²) >= 11 is 3.44. The first kappa shape index (κ1) is 14.7. The van der Waals surface area contributed by atoms with Crippen molar-refractivity contribution < 1.29 is 0 Å². The summed E-state index contributed by atoms with van der Waals surface area (Å²) in [6.07, 6.45) is 10.0. The summed E-state index contributed by atoms with van der Waals surface area (Å²) in [5.41, 5.74) is 3.11. The third kappa shape index (κ3) is 4.84. The van der Waals surface area contributed by atoms with Crippen molar-refractivity contribution >= 4 is 27.3 Å². The third-order valence-corrected chi connectivity index (χ3v) is 2.88. The molecule has 0 aromatic heterocycles. The van der Waals surface area contributed by atoms with Crippen LogP contribution in [-0.2, 0) is 0 Å². The standard InChI is InChI=1S/C16H18BrN/c1-4-6-7-8-13(3)18-16(5-2)14-9-11-15(17)12-10-14/h4-12H,1-3H3/b6-4-,8-7-,16-5-,18-13+. The molecule has 94 valence electrons. The van der Waals surface area contributed by atoms with E-state index in [2.05, 4.69) is 33.1 Å². The number of rotatable bonds is 4. The van der Waals surface area contributed by atoms with E-state index in [4.69, 9.17) is 0 Å². The monoisotopic (exact) mass is 303 g/mol. The second kappa shape index (κ2) is 7.83. The van der Waals surface area contributed by atoms with Crippen LogP contribution in [0.1, 0.15) is 26.3 Å². The van der Waals surface area contributed by atoms with Crippen LogP contribution in [0.4, 0.5) is 0 Å². The van der Waals surface area contributed by atoms with Crippen molar-refractivity contribution in [3.8, 4) is 0 Å². The molecule has 1 nitrogen and oxygen atoms in total. The van der Waals surface area contributed by atoms with Gasteiger partial charge in [0.15, 0.2) is 0 Å². The summed E-state index contributed by atoms with van der Waals surface area (Å²) in [6, 6.07) is 8.18. The lowest BCUT2D eigenvalue weighted by Gasteiger charge is -2.03. The van der Waals surface area contributed by atoms with E-state index in [0.29, 0.717) is 0 Å². The highest BCUT2D eigenvalue weighted by Crippen LogP contribution is 2.19. The van der Waals surface area contributed by atoms with Gasteiger partial charge in [0, 0.05) is 10.2 Å². The molecule has 0 saturated heterocycles. The van der Waals surface area contributed by atoms with Crippen LogP contribution in [-0.4, -0.2) is 5.71 Å². The second-order valence-electron chi connectivity index (χ2n) is 3.82. The molecule has 0 amide bonds. The minimum Gasteiger partial charge on any atom is -0.253 e. The fourth-order valence-corrected chi connectivity index (χ4v) is 1.71. The number of aliphatic imine (C=N–C) groups is 1. The molecule has 0 N–H and O–H groups in total. The molecule has 18 heavy (non-hydrogen) atoms. The Morgan fingerprint density at radius 2 is 1.78 bits per heavy atom. The largest absolute Gasteiger partial charge is 0.253 e. The van der Waals surface area contributed by atoms with E-state index in [-0.39, 0.29) is 0 Å². The smallest absolute Gasteiger partial charge is 0.0662 e. The van der Waals surface area contributed by atoms with Gasteiger partial charge in [-0.15, -0.1) is 0 Å². The molecule has 1 aromatic rings. The number of hydrogen-bond acceptors (Lipinski definition) is 1. The van der Waals surface area contributed by atoms with Crippen LogP contribution in [0.3, 0.4) is 0 Å². The van der Waals surface area contributed by atoms with Gasteiger partial charge in [-0.25, -0.2) is 0 Å². The Morgan fingerprint density at radius 1 is 1.11 bits per heavy atom. The zero-order valence-corrected chi connectivity index (χ0v) is 12.6. The zero-order valence-electron chi connectivity index (χ0n) is 11.0. The van der Waals surface area contributed by atoms with Crippen LogP contribution in [0.25, 0.3) is 5.70 Å². The molecule has 0 aliphatic rings. The summed E-state index contributed by atoms with van der Waals surface area (Å²) in [5.74, 6) is 0. The molecule has 0 saturated carbocycles. The van der Waals surface area contributed by atoms with Gasteiger partial charge < -0.3 is 0 Å². The summed E-state index contributed by atoms with van der Waals surface area (Å²) in [6.45, 7) is 6.00. The van der Waals surface area contributed by atoms with Crippen LogP contribution in [0.2, 0.25) is 0 Å². The highest BCUT2D eigenvalue weighted by atomic mass is 79.9. The Morgan fingerprint density at radius 3 is 2.33 bits per heavy atom. The summed E-state index contributed by atoms with van der Waals surface area (Å²) < 4.78 is 1.08. The number of halogens is 1. The van der Waals surface area contributed by atoms with E-state index >= 15 is 0 Å². The van der Waals surface area contributed by atoms with Gasteiger partial charge >= 0.3 is 0 Å². The average molecular weight is 304 g/mol. The van der Waals surface area contributed by atoms with Crippen LogP contribution in [0.5, 0.6) is 0 Å². The van der Waals surface area contributed by atoms with Crippen LogP contribution >= 0.6 is 15.9 Å². The van der Waals surface area contributed by atoms with Gasteiger partial charge in [-0.2, -0.15) is 0 Å². The number of hydrogen-bond donors (Lipinski definition) is 0. The third-order valence-electron chi connectivity index (χ3n) is 2.35. The summed E-state index contributed by atoms with van der Waals surface area (Å²) in [7, 11) is 0. The van der Waals surface area contributed by atoms with E-state index < -0.39 is 0 Å². The molecule has 0 aliphatic carbocycles. The van der Waals surface area contributed by atoms with Gasteiger partial charge in [-0.3, -0.25) is 4.99 Å². The van der Waals surface area contributed by atoms with E-state index in [0.717, 1.165) is 21.4 Å². The zero-order chi connectivity index (χ0) is 13.4. The van der Waals surface area contributed by atoms with E-state index in [1.807, 2.05) is 63.3 Å². The van der Waals surface area contributed by atoms with Crippen molar-refractivity contribution in [3.05, 3.63) is 64.7 Å². The van der Waals surface area contributed by atoms with Gasteiger partial charge in [0.2, 0.25) is 0 Å². The first-order valence-corrected chi connectivity index (χ1v) is 6.73. The highest BCUT2D eigenvalue weighted by molar-refractivity contribution is 9.10. The first-order chi connectivity index (χ1) is 8.67. The maximum atomic E-state index is 4.61. The van der Waals surface area contributed by atoms with E-state index in [1.54, 1.807) is 0 Å². The number of benzene rings is 1. The average Bonchev–Trinajstić information content (AvgIpc) is 2.37. The van der Waals surface area contributed by atoms with Gasteiger partial charge in [-0.1, -0.05) is 52.4 Å². The molecule has 2 heteroatoms. The Labute approximate surface area is 118 Å². The van der Waals surface area contributed by atoms with Crippen molar-refractivity contribution in [2.45, 2.75) is 20.8 Å². The predicted molar refractivity (Wildman–Crippen MR) is 84.9 cm³/mol. The Kier molecular flexibility index (Phi) is 6.37. The van der Waals surface area contributed by atoms with Crippen molar-refractivity contribution in [1.29, 1.82) is 0 Å². The first-order valence-electron chi connectivity index (χ1n) is 5.94. The molecule has 0 spiro atoms. The maximum Gasteiger partial charge on any atom is 0.0662 e. The summed E-state index contributed by atoms with van der Waals surface area (Å²) in [4.78, 5) is 4.61. The van der Waals surface area contributed by atoms with Gasteiger partial charge in [0.25, 0.3) is 0 Å². The lowest BCUT2D eigenvalue weighted by Crippen LogP contribution is -1.88. The second-order valence-corrected chi connectivity index (χ2v) is 4.73. The fourth-order valence-electron chi connectivity index (χ4n) is 1.45. The molecule has 0 fully saturated rings. The SMILES string of the molecule is C\C=C/C=C\C(C)=N\C(=C/C)c1ccc(Br)cc1. The van der Waals surface area contributed by atoms with Crippen LogP contribution < -0.4 is 0 Å². The van der Waals surface area contributed by atoms with Crippen molar-refractivity contribution in [1.82, 2.24) is 0 Å². The number of allylic oxidation sites excluding steroid dienone is 5. The normalized spacial score (nSPS) is 13.8. The van der Waals surface area contributed by atoms with Crippen molar-refractivity contribution in [2.75, 3.05) is 0 Å². The van der Waals surface area contributed by atoms with E-state index in [1.165, 1.54) is 0 Å². The van der Waals surface area contributed by atoms with Gasteiger partial charge in [0.05, 0.1) is 5.70 Å². The molecule has 0 heterocycles. The highest BCUT2D eigenvalue weighted by Gasteiger charge is 1.98. The van der Waals surface area contributed by atoms with Gasteiger partial charge in [0.1, 0.15) is 0 Å². The quantitative estimate of drug-likeness (QED) is 0.521. The molecule has 0 aliphatic heterocycles. The molecule has 0 unspecified atom stereocenters. The summed E-state index contributed by atoms with van der Waals surface area (Å²) in [5, 5.41) is 0. The Hall–Kier alpha value is -1.41. The van der Waals surface area contributed by atoms with Crippen LogP contribution in [0, 0.1) is 0 Å². The van der Waals surface area contributed by atoms with E-state index in [9.17, 15) is 0 Å². The lowest BCUT2D eigenvalue weighted by atomic mass is 10.1. The minimum absolute atomic E-state index is 0.990. The molecular weight excluding hydrogens is 286 g/mol. The topological polar surface area (TPSA) is 12.4 Å². The molecule has 0 radical (unpaired) electrons. The Balaban J connectivity index is 2.92. The maximum absolute atomic E-state index is 4.61. The molecule has 0 atom stereocenters. The predicted octanol–water partition coefficient (Wildman–Crippen LogP) is 5.40. The Bertz CT molecular complexity index is 490. The molecule has 1 rings (SSSR count). The van der Waals surface area contributed by atoms with Gasteiger partial charge in [-0.05, 0) is 44.5 Å². The number of nitrogens with zero attached hydrogens (tertiary/aromatic N) is 1. The van der Waals surface area contributed by atoms with Crippen molar-refractivity contribution in [3.63, 3.8) is 0 Å². The van der Waals surface area contributed by atoms with Crippen molar-refractivity contribution in [2.24, 2.45) is 4.99 Å². The molecule has 0 bridgehead atoms.